The summed E-state index contributed by atoms with van der Waals surface area (Å²) in [6, 6.07) is 8.79. The van der Waals surface area contributed by atoms with E-state index in [2.05, 4.69) is 0 Å². The fraction of sp³-hybridized carbons (Fsp3) is 0.471. The molecule has 6 nitrogen and oxygen atoms in total. The fourth-order valence-electron chi connectivity index (χ4n) is 2.56. The van der Waals surface area contributed by atoms with E-state index in [1.807, 2.05) is 13.0 Å². The molecule has 2 rings (SSSR count). The van der Waals surface area contributed by atoms with E-state index in [1.165, 1.54) is 0 Å². The molecule has 0 bridgehead atoms. The minimum absolute atomic E-state index is 0.178. The van der Waals surface area contributed by atoms with Crippen LogP contribution in [0.3, 0.4) is 0 Å². The first kappa shape index (κ1) is 16.8. The van der Waals surface area contributed by atoms with Gasteiger partial charge < -0.3 is 14.4 Å². The summed E-state index contributed by atoms with van der Waals surface area (Å²) in [5.74, 6) is -0.485. The maximum absolute atomic E-state index is 12.1. The van der Waals surface area contributed by atoms with E-state index in [4.69, 9.17) is 14.7 Å². The van der Waals surface area contributed by atoms with Crippen LogP contribution in [0.2, 0.25) is 0 Å². The average molecular weight is 316 g/mol. The summed E-state index contributed by atoms with van der Waals surface area (Å²) in [5, 5.41) is 8.93. The van der Waals surface area contributed by atoms with Gasteiger partial charge in [0.1, 0.15) is 11.8 Å². The Labute approximate surface area is 135 Å². The lowest BCUT2D eigenvalue weighted by molar-refractivity contribution is -0.154. The van der Waals surface area contributed by atoms with E-state index < -0.39 is 5.97 Å². The number of hydrogen-bond acceptors (Lipinski definition) is 5. The van der Waals surface area contributed by atoms with Crippen LogP contribution in [-0.4, -0.2) is 42.6 Å². The molecular weight excluding hydrogens is 296 g/mol. The number of amides is 1. The predicted octanol–water partition coefficient (Wildman–Crippen LogP) is 1.88. The Hall–Kier alpha value is -2.55. The van der Waals surface area contributed by atoms with Crippen LogP contribution in [-0.2, 0) is 14.3 Å². The lowest BCUT2D eigenvalue weighted by Gasteiger charge is -2.33. The van der Waals surface area contributed by atoms with Gasteiger partial charge >= 0.3 is 5.97 Å². The van der Waals surface area contributed by atoms with Crippen molar-refractivity contribution in [2.45, 2.75) is 32.2 Å². The third-order valence-electron chi connectivity index (χ3n) is 3.83. The second-order valence-corrected chi connectivity index (χ2v) is 5.49. The van der Waals surface area contributed by atoms with E-state index in [-0.39, 0.29) is 25.2 Å². The maximum Gasteiger partial charge on any atom is 0.344 e. The Morgan fingerprint density at radius 1 is 1.30 bits per heavy atom. The number of carbonyl (C=O) groups is 2. The number of carbonyl (C=O) groups excluding carboxylic acids is 2. The highest BCUT2D eigenvalue weighted by Crippen LogP contribution is 2.17. The Kier molecular flexibility index (Phi) is 5.98. The topological polar surface area (TPSA) is 79.6 Å². The number of hydrogen-bond donors (Lipinski definition) is 0. The van der Waals surface area contributed by atoms with Gasteiger partial charge in [0.2, 0.25) is 0 Å². The van der Waals surface area contributed by atoms with Crippen molar-refractivity contribution in [3.63, 3.8) is 0 Å². The molecule has 1 atom stereocenters. The third kappa shape index (κ3) is 4.71. The van der Waals surface area contributed by atoms with Crippen molar-refractivity contribution in [2.75, 3.05) is 19.8 Å². The first-order valence-corrected chi connectivity index (χ1v) is 7.69. The zero-order chi connectivity index (χ0) is 16.7. The summed E-state index contributed by atoms with van der Waals surface area (Å²) in [4.78, 5) is 25.5. The average Bonchev–Trinajstić information content (AvgIpc) is 2.58. The van der Waals surface area contributed by atoms with Crippen molar-refractivity contribution in [3.05, 3.63) is 29.8 Å². The number of likely N-dealkylation sites (tertiary alicyclic amines) is 1. The van der Waals surface area contributed by atoms with E-state index in [1.54, 1.807) is 29.2 Å². The van der Waals surface area contributed by atoms with Crippen molar-refractivity contribution < 1.29 is 19.1 Å². The highest BCUT2D eigenvalue weighted by Gasteiger charge is 2.23. The SMILES string of the molecule is C[C@@H]1CCCCN1C(=O)COC(=O)COc1ccccc1C#N. The Bertz CT molecular complexity index is 609. The van der Waals surface area contributed by atoms with Crippen LogP contribution < -0.4 is 4.74 Å². The molecule has 1 fully saturated rings. The van der Waals surface area contributed by atoms with Crippen LogP contribution in [0.25, 0.3) is 0 Å². The van der Waals surface area contributed by atoms with Gasteiger partial charge in [-0.15, -0.1) is 0 Å². The van der Waals surface area contributed by atoms with Gasteiger partial charge in [-0.1, -0.05) is 12.1 Å². The highest BCUT2D eigenvalue weighted by atomic mass is 16.6. The van der Waals surface area contributed by atoms with Crippen LogP contribution in [0.1, 0.15) is 31.7 Å². The minimum atomic E-state index is -0.629. The van der Waals surface area contributed by atoms with Crippen molar-refractivity contribution in [1.29, 1.82) is 5.26 Å². The van der Waals surface area contributed by atoms with Crippen molar-refractivity contribution >= 4 is 11.9 Å². The van der Waals surface area contributed by atoms with E-state index >= 15 is 0 Å². The van der Waals surface area contributed by atoms with Gasteiger partial charge in [0.25, 0.3) is 5.91 Å². The Morgan fingerprint density at radius 2 is 2.09 bits per heavy atom. The number of para-hydroxylation sites is 1. The minimum Gasteiger partial charge on any atom is -0.481 e. The van der Waals surface area contributed by atoms with Gasteiger partial charge in [0.05, 0.1) is 5.56 Å². The second kappa shape index (κ2) is 8.18. The van der Waals surface area contributed by atoms with Gasteiger partial charge in [0.15, 0.2) is 13.2 Å². The molecular formula is C17H20N2O4. The summed E-state index contributed by atoms with van der Waals surface area (Å²) in [5.41, 5.74) is 0.346. The number of rotatable bonds is 5. The van der Waals surface area contributed by atoms with Crippen LogP contribution >= 0.6 is 0 Å². The largest absolute Gasteiger partial charge is 0.481 e. The molecule has 122 valence electrons. The molecule has 1 aliphatic rings. The molecule has 1 aliphatic heterocycles. The van der Waals surface area contributed by atoms with E-state index in [0.717, 1.165) is 19.3 Å². The molecule has 23 heavy (non-hydrogen) atoms. The molecule has 1 aromatic carbocycles. The summed E-state index contributed by atoms with van der Waals surface area (Å²) >= 11 is 0. The van der Waals surface area contributed by atoms with Gasteiger partial charge in [-0.2, -0.15) is 5.26 Å². The smallest absolute Gasteiger partial charge is 0.344 e. The van der Waals surface area contributed by atoms with Crippen molar-refractivity contribution in [2.24, 2.45) is 0 Å². The van der Waals surface area contributed by atoms with Crippen LogP contribution in [0.4, 0.5) is 0 Å². The molecule has 0 aliphatic carbocycles. The molecule has 1 heterocycles. The first-order valence-electron chi connectivity index (χ1n) is 7.69. The Morgan fingerprint density at radius 3 is 2.83 bits per heavy atom. The standard InChI is InChI=1S/C17H20N2O4/c1-13-6-4-5-9-19(13)16(20)11-23-17(21)12-22-15-8-3-2-7-14(15)10-18/h2-3,7-8,13H,4-6,9,11-12H2,1H3/t13-/m1/s1. The first-order chi connectivity index (χ1) is 11.1. The van der Waals surface area contributed by atoms with Gasteiger partial charge in [-0.05, 0) is 38.3 Å². The Balaban J connectivity index is 1.77. The van der Waals surface area contributed by atoms with Crippen LogP contribution in [0.5, 0.6) is 5.75 Å². The zero-order valence-corrected chi connectivity index (χ0v) is 13.2. The van der Waals surface area contributed by atoms with Gasteiger partial charge in [-0.3, -0.25) is 4.79 Å². The molecule has 1 saturated heterocycles. The summed E-state index contributed by atoms with van der Waals surface area (Å²) in [6.07, 6.45) is 3.09. The quantitative estimate of drug-likeness (QED) is 0.775. The zero-order valence-electron chi connectivity index (χ0n) is 13.2. The number of piperidine rings is 1. The lowest BCUT2D eigenvalue weighted by Crippen LogP contribution is -2.44. The van der Waals surface area contributed by atoms with Crippen molar-refractivity contribution in [3.8, 4) is 11.8 Å². The number of esters is 1. The number of nitriles is 1. The molecule has 6 heteroatoms. The molecule has 0 N–H and O–H groups in total. The predicted molar refractivity (Wildman–Crippen MR) is 82.6 cm³/mol. The third-order valence-corrected chi connectivity index (χ3v) is 3.83. The summed E-state index contributed by atoms with van der Waals surface area (Å²) < 4.78 is 10.2. The number of ether oxygens (including phenoxy) is 2. The molecule has 0 unspecified atom stereocenters. The normalized spacial score (nSPS) is 17.2. The molecule has 1 amide bonds. The highest BCUT2D eigenvalue weighted by molar-refractivity contribution is 5.81. The van der Waals surface area contributed by atoms with Gasteiger partial charge in [0, 0.05) is 12.6 Å². The van der Waals surface area contributed by atoms with Crippen molar-refractivity contribution in [1.82, 2.24) is 4.90 Å². The molecule has 1 aromatic rings. The molecule has 0 aromatic heterocycles. The summed E-state index contributed by atoms with van der Waals surface area (Å²) in [6.45, 7) is 2.11. The lowest BCUT2D eigenvalue weighted by atomic mass is 10.0. The molecule has 0 spiro atoms. The van der Waals surface area contributed by atoms with E-state index in [9.17, 15) is 9.59 Å². The summed E-state index contributed by atoms with van der Waals surface area (Å²) in [7, 11) is 0. The van der Waals surface area contributed by atoms with E-state index in [0.29, 0.717) is 17.9 Å². The van der Waals surface area contributed by atoms with Crippen LogP contribution in [0, 0.1) is 11.3 Å². The molecule has 0 saturated carbocycles. The second-order valence-electron chi connectivity index (χ2n) is 5.49. The number of nitrogens with zero attached hydrogens (tertiary/aromatic N) is 2. The fourth-order valence-corrected chi connectivity index (χ4v) is 2.56. The maximum atomic E-state index is 12.1. The monoisotopic (exact) mass is 316 g/mol. The van der Waals surface area contributed by atoms with Crippen LogP contribution in [0.15, 0.2) is 24.3 Å². The van der Waals surface area contributed by atoms with Gasteiger partial charge in [-0.25, -0.2) is 4.79 Å². The number of benzene rings is 1. The molecule has 0 radical (unpaired) electrons.